The van der Waals surface area contributed by atoms with Crippen LogP contribution in [0, 0.1) is 5.82 Å². The zero-order valence-electron chi connectivity index (χ0n) is 11.0. The summed E-state index contributed by atoms with van der Waals surface area (Å²) in [6.07, 6.45) is 3.80. The molecular weight excluding hydrogens is 271 g/mol. The second-order valence-electron chi connectivity index (χ2n) is 4.34. The Morgan fingerprint density at radius 1 is 1.10 bits per heavy atom. The molecule has 2 rings (SSSR count). The summed E-state index contributed by atoms with van der Waals surface area (Å²) < 4.78 is 13.1. The molecule has 0 unspecified atom stereocenters. The lowest BCUT2D eigenvalue weighted by Crippen LogP contribution is -1.92. The van der Waals surface area contributed by atoms with Gasteiger partial charge >= 0.3 is 0 Å². The van der Waals surface area contributed by atoms with Gasteiger partial charge in [0.25, 0.3) is 0 Å². The van der Waals surface area contributed by atoms with E-state index in [1.165, 1.54) is 6.08 Å². The highest BCUT2D eigenvalue weighted by Crippen LogP contribution is 2.24. The standard InChI is InChI=1S/C17H13FO3/c18-13-7-9-16(20)15(10-13)17(21)11-14(19)8-6-12-4-2-1-3-5-12/h1-11,20-21H/b8-6+,17-11-. The third kappa shape index (κ3) is 4.04. The first-order valence-corrected chi connectivity index (χ1v) is 6.23. The molecule has 0 spiro atoms. The summed E-state index contributed by atoms with van der Waals surface area (Å²) >= 11 is 0. The number of aliphatic hydroxyl groups is 1. The van der Waals surface area contributed by atoms with Crippen molar-refractivity contribution in [3.63, 3.8) is 0 Å². The van der Waals surface area contributed by atoms with Gasteiger partial charge in [0, 0.05) is 6.08 Å². The fourth-order valence-electron chi connectivity index (χ4n) is 1.72. The van der Waals surface area contributed by atoms with Gasteiger partial charge < -0.3 is 10.2 Å². The van der Waals surface area contributed by atoms with Gasteiger partial charge in [0.05, 0.1) is 5.56 Å². The largest absolute Gasteiger partial charge is 0.507 e. The zero-order valence-corrected chi connectivity index (χ0v) is 11.0. The van der Waals surface area contributed by atoms with Gasteiger partial charge in [-0.15, -0.1) is 0 Å². The van der Waals surface area contributed by atoms with E-state index in [1.54, 1.807) is 6.08 Å². The molecule has 0 atom stereocenters. The first kappa shape index (κ1) is 14.5. The van der Waals surface area contributed by atoms with E-state index in [-0.39, 0.29) is 11.3 Å². The second-order valence-corrected chi connectivity index (χ2v) is 4.34. The molecule has 0 amide bonds. The molecule has 0 bridgehead atoms. The maximum absolute atomic E-state index is 13.1. The molecule has 0 aliphatic heterocycles. The van der Waals surface area contributed by atoms with Crippen molar-refractivity contribution >= 4 is 17.6 Å². The van der Waals surface area contributed by atoms with Gasteiger partial charge in [-0.25, -0.2) is 4.39 Å². The average molecular weight is 284 g/mol. The summed E-state index contributed by atoms with van der Waals surface area (Å²) in [5.74, 6) is -1.88. The van der Waals surface area contributed by atoms with E-state index in [9.17, 15) is 19.4 Å². The van der Waals surface area contributed by atoms with Gasteiger partial charge in [0.2, 0.25) is 0 Å². The number of aromatic hydroxyl groups is 1. The third-order valence-corrected chi connectivity index (χ3v) is 2.75. The van der Waals surface area contributed by atoms with Crippen LogP contribution in [0.3, 0.4) is 0 Å². The Kier molecular flexibility index (Phi) is 4.51. The molecule has 106 valence electrons. The number of phenols is 1. The summed E-state index contributed by atoms with van der Waals surface area (Å²) in [5.41, 5.74) is 0.712. The molecule has 2 aromatic carbocycles. The van der Waals surface area contributed by atoms with Crippen LogP contribution in [0.25, 0.3) is 11.8 Å². The van der Waals surface area contributed by atoms with E-state index in [0.29, 0.717) is 0 Å². The molecule has 0 heterocycles. The number of carbonyl (C=O) groups is 1. The number of hydrogen-bond acceptors (Lipinski definition) is 3. The van der Waals surface area contributed by atoms with Crippen molar-refractivity contribution in [3.8, 4) is 5.75 Å². The van der Waals surface area contributed by atoms with Crippen LogP contribution < -0.4 is 0 Å². The maximum atomic E-state index is 13.1. The molecule has 4 heteroatoms. The Morgan fingerprint density at radius 2 is 1.81 bits per heavy atom. The molecule has 0 aliphatic carbocycles. The first-order valence-electron chi connectivity index (χ1n) is 6.23. The minimum atomic E-state index is -0.616. The molecule has 0 saturated carbocycles. The fourth-order valence-corrected chi connectivity index (χ4v) is 1.72. The van der Waals surface area contributed by atoms with Crippen LogP contribution in [0.5, 0.6) is 5.75 Å². The Balaban J connectivity index is 2.17. The molecule has 0 saturated heterocycles. The van der Waals surface area contributed by atoms with E-state index >= 15 is 0 Å². The minimum Gasteiger partial charge on any atom is -0.507 e. The predicted octanol–water partition coefficient (Wildman–Crippen LogP) is 3.71. The monoisotopic (exact) mass is 284 g/mol. The van der Waals surface area contributed by atoms with Gasteiger partial charge in [-0.2, -0.15) is 0 Å². The van der Waals surface area contributed by atoms with Crippen LogP contribution in [-0.2, 0) is 4.79 Å². The van der Waals surface area contributed by atoms with Crippen LogP contribution in [0.15, 0.2) is 60.7 Å². The number of benzene rings is 2. The Morgan fingerprint density at radius 3 is 2.52 bits per heavy atom. The summed E-state index contributed by atoms with van der Waals surface area (Å²) in [4.78, 5) is 11.7. The Hall–Kier alpha value is -2.88. The number of allylic oxidation sites excluding steroid dienone is 2. The highest BCUT2D eigenvalue weighted by atomic mass is 19.1. The molecule has 0 radical (unpaired) electrons. The SMILES string of the molecule is O=C(/C=C(\O)c1cc(F)ccc1O)/C=C/c1ccccc1. The molecule has 2 N–H and O–H groups in total. The number of aliphatic hydroxyl groups excluding tert-OH is 1. The van der Waals surface area contributed by atoms with E-state index in [2.05, 4.69) is 0 Å². The van der Waals surface area contributed by atoms with Crippen molar-refractivity contribution in [1.82, 2.24) is 0 Å². The number of halogens is 1. The van der Waals surface area contributed by atoms with Crippen LogP contribution >= 0.6 is 0 Å². The van der Waals surface area contributed by atoms with Crippen LogP contribution in [-0.4, -0.2) is 16.0 Å². The number of phenolic OH excluding ortho intramolecular Hbond substituents is 1. The fraction of sp³-hybridized carbons (Fsp3) is 0. The number of carbonyl (C=O) groups excluding carboxylic acids is 1. The smallest absolute Gasteiger partial charge is 0.182 e. The molecule has 0 fully saturated rings. The van der Waals surface area contributed by atoms with Crippen molar-refractivity contribution in [3.05, 3.63) is 77.6 Å². The summed E-state index contributed by atoms with van der Waals surface area (Å²) in [7, 11) is 0. The van der Waals surface area contributed by atoms with Gasteiger partial charge in [-0.3, -0.25) is 4.79 Å². The maximum Gasteiger partial charge on any atom is 0.182 e. The van der Waals surface area contributed by atoms with Crippen molar-refractivity contribution < 1.29 is 19.4 Å². The highest BCUT2D eigenvalue weighted by molar-refractivity contribution is 6.05. The topological polar surface area (TPSA) is 57.5 Å². The van der Waals surface area contributed by atoms with Gasteiger partial charge in [-0.1, -0.05) is 36.4 Å². The molecular formula is C17H13FO3. The van der Waals surface area contributed by atoms with Crippen LogP contribution in [0.1, 0.15) is 11.1 Å². The average Bonchev–Trinajstić information content (AvgIpc) is 2.48. The van der Waals surface area contributed by atoms with Crippen LogP contribution in [0.4, 0.5) is 4.39 Å². The first-order chi connectivity index (χ1) is 10.1. The number of rotatable bonds is 4. The van der Waals surface area contributed by atoms with Crippen molar-refractivity contribution in [2.45, 2.75) is 0 Å². The van der Waals surface area contributed by atoms with Crippen molar-refractivity contribution in [2.75, 3.05) is 0 Å². The van der Waals surface area contributed by atoms with Crippen LogP contribution in [0.2, 0.25) is 0 Å². The van der Waals surface area contributed by atoms with E-state index in [4.69, 9.17) is 0 Å². The normalized spacial score (nSPS) is 11.8. The summed E-state index contributed by atoms with van der Waals surface area (Å²) in [5, 5.41) is 19.3. The predicted molar refractivity (Wildman–Crippen MR) is 79.2 cm³/mol. The van der Waals surface area contributed by atoms with Gasteiger partial charge in [-0.05, 0) is 29.8 Å². The molecule has 0 aliphatic rings. The van der Waals surface area contributed by atoms with E-state index in [1.807, 2.05) is 30.3 Å². The van der Waals surface area contributed by atoms with Crippen molar-refractivity contribution in [2.24, 2.45) is 0 Å². The third-order valence-electron chi connectivity index (χ3n) is 2.75. The molecule has 2 aromatic rings. The lowest BCUT2D eigenvalue weighted by atomic mass is 10.1. The highest BCUT2D eigenvalue weighted by Gasteiger charge is 2.08. The van der Waals surface area contributed by atoms with E-state index < -0.39 is 17.4 Å². The lowest BCUT2D eigenvalue weighted by molar-refractivity contribution is -0.110. The van der Waals surface area contributed by atoms with Gasteiger partial charge in [0.15, 0.2) is 5.78 Å². The quantitative estimate of drug-likeness (QED) is 0.664. The zero-order chi connectivity index (χ0) is 15.2. The Labute approximate surface area is 121 Å². The number of ketones is 1. The molecule has 21 heavy (non-hydrogen) atoms. The van der Waals surface area contributed by atoms with E-state index in [0.717, 1.165) is 29.8 Å². The summed E-state index contributed by atoms with van der Waals surface area (Å²) in [6.45, 7) is 0. The lowest BCUT2D eigenvalue weighted by Gasteiger charge is -2.02. The minimum absolute atomic E-state index is 0.128. The Bertz CT molecular complexity index is 703. The summed E-state index contributed by atoms with van der Waals surface area (Å²) in [6, 6.07) is 12.3. The molecule has 3 nitrogen and oxygen atoms in total. The van der Waals surface area contributed by atoms with Gasteiger partial charge in [0.1, 0.15) is 17.3 Å². The number of hydrogen-bond donors (Lipinski definition) is 2. The van der Waals surface area contributed by atoms with Crippen molar-refractivity contribution in [1.29, 1.82) is 0 Å². The second kappa shape index (κ2) is 6.52. The molecule has 0 aromatic heterocycles.